The van der Waals surface area contributed by atoms with E-state index in [1.807, 2.05) is 19.0 Å². The van der Waals surface area contributed by atoms with Gasteiger partial charge in [0.05, 0.1) is 11.3 Å². The van der Waals surface area contributed by atoms with Crippen molar-refractivity contribution in [3.63, 3.8) is 0 Å². The van der Waals surface area contributed by atoms with Crippen LogP contribution in [0.25, 0.3) is 0 Å². The summed E-state index contributed by atoms with van der Waals surface area (Å²) in [6, 6.07) is 0. The van der Waals surface area contributed by atoms with Crippen LogP contribution in [0.3, 0.4) is 0 Å². The number of Topliss-reactive ketones (excluding diaryl/α,β-unsaturated/α-hetero) is 1. The number of allylic oxidation sites excluding steroid dienone is 1. The van der Waals surface area contributed by atoms with E-state index in [0.717, 1.165) is 0 Å². The molecule has 0 aliphatic heterocycles. The first-order chi connectivity index (χ1) is 8.41. The van der Waals surface area contributed by atoms with Crippen LogP contribution >= 0.6 is 0 Å². The molecule has 1 aliphatic rings. The molecule has 1 aromatic heterocycles. The van der Waals surface area contributed by atoms with Crippen LogP contribution < -0.4 is 0 Å². The Bertz CT molecular complexity index is 553. The number of aromatic carboxylic acids is 1. The molecule has 0 spiro atoms. The Labute approximate surface area is 105 Å². The Hall–Kier alpha value is -2.04. The van der Waals surface area contributed by atoms with Gasteiger partial charge in [-0.2, -0.15) is 0 Å². The molecule has 0 unspecified atom stereocenters. The summed E-state index contributed by atoms with van der Waals surface area (Å²) in [6.07, 6.45) is 2.97. The van der Waals surface area contributed by atoms with Crippen LogP contribution in [0.4, 0.5) is 0 Å². The Morgan fingerprint density at radius 3 is 2.61 bits per heavy atom. The van der Waals surface area contributed by atoms with E-state index in [-0.39, 0.29) is 11.3 Å². The number of aromatic amines is 1. The Balaban J connectivity index is 2.50. The summed E-state index contributed by atoms with van der Waals surface area (Å²) >= 11 is 0. The molecule has 5 nitrogen and oxygen atoms in total. The van der Waals surface area contributed by atoms with E-state index < -0.39 is 5.97 Å². The van der Waals surface area contributed by atoms with E-state index in [0.29, 0.717) is 35.4 Å². The Morgan fingerprint density at radius 2 is 2.06 bits per heavy atom. The quantitative estimate of drug-likeness (QED) is 0.780. The fourth-order valence-electron chi connectivity index (χ4n) is 2.38. The highest BCUT2D eigenvalue weighted by Gasteiger charge is 2.29. The lowest BCUT2D eigenvalue weighted by Gasteiger charge is -2.16. The van der Waals surface area contributed by atoms with Crippen molar-refractivity contribution in [1.29, 1.82) is 0 Å². The topological polar surface area (TPSA) is 73.4 Å². The van der Waals surface area contributed by atoms with Crippen LogP contribution in [-0.2, 0) is 6.42 Å². The molecular formula is C13H16N2O3. The van der Waals surface area contributed by atoms with E-state index in [2.05, 4.69) is 4.98 Å². The summed E-state index contributed by atoms with van der Waals surface area (Å²) in [6.45, 7) is 1.68. The number of carboxylic acid groups (broad SMARTS) is 1. The Morgan fingerprint density at radius 1 is 1.39 bits per heavy atom. The van der Waals surface area contributed by atoms with Gasteiger partial charge in [0, 0.05) is 31.6 Å². The molecule has 0 bridgehead atoms. The van der Waals surface area contributed by atoms with Crippen molar-refractivity contribution in [3.05, 3.63) is 34.3 Å². The summed E-state index contributed by atoms with van der Waals surface area (Å²) in [7, 11) is 3.72. The first-order valence-electron chi connectivity index (χ1n) is 5.78. The monoisotopic (exact) mass is 248 g/mol. The van der Waals surface area contributed by atoms with E-state index in [9.17, 15) is 9.59 Å². The molecule has 1 heterocycles. The molecule has 1 aliphatic carbocycles. The molecule has 0 radical (unpaired) electrons. The molecule has 5 heteroatoms. The van der Waals surface area contributed by atoms with Crippen molar-refractivity contribution in [3.8, 4) is 0 Å². The SMILES string of the molecule is Cc1[nH]c2c(c1C(=O)O)CCC(=CN(C)C)C2=O. The first kappa shape index (κ1) is 12.4. The van der Waals surface area contributed by atoms with Crippen molar-refractivity contribution in [2.75, 3.05) is 14.1 Å². The van der Waals surface area contributed by atoms with Gasteiger partial charge in [-0.1, -0.05) is 0 Å². The minimum absolute atomic E-state index is 0.0967. The summed E-state index contributed by atoms with van der Waals surface area (Å²) in [4.78, 5) is 28.1. The van der Waals surface area contributed by atoms with Gasteiger partial charge in [-0.25, -0.2) is 4.79 Å². The maximum absolute atomic E-state index is 12.2. The van der Waals surface area contributed by atoms with Gasteiger partial charge in [0.2, 0.25) is 5.78 Å². The zero-order valence-electron chi connectivity index (χ0n) is 10.7. The molecule has 0 saturated carbocycles. The van der Waals surface area contributed by atoms with Gasteiger partial charge in [-0.05, 0) is 25.3 Å². The third-order valence-corrected chi connectivity index (χ3v) is 3.08. The number of nitrogens with one attached hydrogen (secondary N) is 1. The number of carbonyl (C=O) groups is 2. The number of H-pyrrole nitrogens is 1. The van der Waals surface area contributed by atoms with Crippen molar-refractivity contribution in [2.45, 2.75) is 19.8 Å². The number of nitrogens with zero attached hydrogens (tertiary/aromatic N) is 1. The minimum atomic E-state index is -0.974. The highest BCUT2D eigenvalue weighted by molar-refractivity contribution is 6.11. The van der Waals surface area contributed by atoms with Crippen molar-refractivity contribution in [1.82, 2.24) is 9.88 Å². The highest BCUT2D eigenvalue weighted by atomic mass is 16.4. The summed E-state index contributed by atoms with van der Waals surface area (Å²) in [5.74, 6) is -1.07. The Kier molecular flexibility index (Phi) is 2.98. The lowest BCUT2D eigenvalue weighted by Crippen LogP contribution is -2.17. The predicted octanol–water partition coefficient (Wildman–Crippen LogP) is 1.60. The van der Waals surface area contributed by atoms with E-state index in [1.165, 1.54) is 0 Å². The second-order valence-corrected chi connectivity index (χ2v) is 4.73. The maximum Gasteiger partial charge on any atom is 0.337 e. The maximum atomic E-state index is 12.2. The van der Waals surface area contributed by atoms with Crippen LogP contribution in [0, 0.1) is 6.92 Å². The highest BCUT2D eigenvalue weighted by Crippen LogP contribution is 2.29. The van der Waals surface area contributed by atoms with Gasteiger partial charge in [-0.15, -0.1) is 0 Å². The lowest BCUT2D eigenvalue weighted by atomic mass is 9.90. The van der Waals surface area contributed by atoms with Gasteiger partial charge in [0.1, 0.15) is 0 Å². The summed E-state index contributed by atoms with van der Waals surface area (Å²) in [5, 5.41) is 9.15. The molecule has 0 saturated heterocycles. The number of aromatic nitrogens is 1. The number of hydrogen-bond donors (Lipinski definition) is 2. The lowest BCUT2D eigenvalue weighted by molar-refractivity contribution is 0.0695. The van der Waals surface area contributed by atoms with E-state index >= 15 is 0 Å². The normalized spacial score (nSPS) is 16.8. The largest absolute Gasteiger partial charge is 0.478 e. The molecule has 0 aromatic carbocycles. The molecule has 2 rings (SSSR count). The summed E-state index contributed by atoms with van der Waals surface area (Å²) < 4.78 is 0. The molecule has 0 amide bonds. The number of rotatable bonds is 2. The first-order valence-corrected chi connectivity index (χ1v) is 5.78. The summed E-state index contributed by atoms with van der Waals surface area (Å²) in [5.41, 5.74) is 2.59. The molecular weight excluding hydrogens is 232 g/mol. The smallest absolute Gasteiger partial charge is 0.337 e. The van der Waals surface area contributed by atoms with E-state index in [4.69, 9.17) is 5.11 Å². The second-order valence-electron chi connectivity index (χ2n) is 4.73. The van der Waals surface area contributed by atoms with Crippen LogP contribution in [0.2, 0.25) is 0 Å². The van der Waals surface area contributed by atoms with Gasteiger partial charge in [0.15, 0.2) is 0 Å². The average Bonchev–Trinajstić information content (AvgIpc) is 2.59. The number of aryl methyl sites for hydroxylation is 1. The zero-order chi connectivity index (χ0) is 13.4. The predicted molar refractivity (Wildman–Crippen MR) is 66.9 cm³/mol. The molecule has 96 valence electrons. The molecule has 0 fully saturated rings. The second kappa shape index (κ2) is 4.33. The molecule has 18 heavy (non-hydrogen) atoms. The number of carbonyl (C=O) groups excluding carboxylic acids is 1. The number of carboxylic acids is 1. The third-order valence-electron chi connectivity index (χ3n) is 3.08. The standard InChI is InChI=1S/C13H16N2O3/c1-7-10(13(17)18)9-5-4-8(6-15(2)3)12(16)11(9)14-7/h6,14H,4-5H2,1-3H3,(H,17,18). The van der Waals surface area contributed by atoms with Crippen LogP contribution in [0.15, 0.2) is 11.8 Å². The molecule has 2 N–H and O–H groups in total. The number of fused-ring (bicyclic) bond motifs is 1. The van der Waals surface area contributed by atoms with Crippen molar-refractivity contribution in [2.24, 2.45) is 0 Å². The minimum Gasteiger partial charge on any atom is -0.478 e. The average molecular weight is 248 g/mol. The third kappa shape index (κ3) is 1.92. The van der Waals surface area contributed by atoms with Gasteiger partial charge >= 0.3 is 5.97 Å². The zero-order valence-corrected chi connectivity index (χ0v) is 10.7. The van der Waals surface area contributed by atoms with Gasteiger partial charge in [-0.3, -0.25) is 4.79 Å². The molecule has 0 atom stereocenters. The van der Waals surface area contributed by atoms with E-state index in [1.54, 1.807) is 13.1 Å². The number of ketones is 1. The van der Waals surface area contributed by atoms with Crippen LogP contribution in [-0.4, -0.2) is 40.8 Å². The van der Waals surface area contributed by atoms with Gasteiger partial charge in [0.25, 0.3) is 0 Å². The number of hydrogen-bond acceptors (Lipinski definition) is 3. The fourth-order valence-corrected chi connectivity index (χ4v) is 2.38. The van der Waals surface area contributed by atoms with Crippen molar-refractivity contribution < 1.29 is 14.7 Å². The van der Waals surface area contributed by atoms with Crippen LogP contribution in [0.5, 0.6) is 0 Å². The fraction of sp³-hybridized carbons (Fsp3) is 0.385. The van der Waals surface area contributed by atoms with Crippen LogP contribution in [0.1, 0.15) is 38.5 Å². The van der Waals surface area contributed by atoms with Crippen molar-refractivity contribution >= 4 is 11.8 Å². The molecule has 1 aromatic rings. The van der Waals surface area contributed by atoms with Gasteiger partial charge < -0.3 is 15.0 Å².